The van der Waals surface area contributed by atoms with Crippen LogP contribution in [-0.2, 0) is 6.54 Å². The zero-order chi connectivity index (χ0) is 24.9. The number of carbonyl (C=O) groups excluding carboxylic acids is 2. The Morgan fingerprint density at radius 1 is 1.21 bits per heavy atom. The van der Waals surface area contributed by atoms with E-state index in [1.165, 1.54) is 11.8 Å². The van der Waals surface area contributed by atoms with Crippen LogP contribution >= 0.6 is 0 Å². The molecule has 12 heteroatoms. The minimum absolute atomic E-state index is 0.0302. The molecule has 0 radical (unpaired) electrons. The first-order valence-corrected chi connectivity index (χ1v) is 10.6. The van der Waals surface area contributed by atoms with Gasteiger partial charge in [-0.15, -0.1) is 0 Å². The number of alkyl halides is 2. The van der Waals surface area contributed by atoms with E-state index in [-0.39, 0.29) is 19.5 Å². The van der Waals surface area contributed by atoms with E-state index in [1.54, 1.807) is 6.92 Å². The number of nitrogens with zero attached hydrogens (tertiary/aromatic N) is 3. The second-order valence-corrected chi connectivity index (χ2v) is 8.49. The number of aromatic hydroxyl groups is 1. The average Bonchev–Trinajstić information content (AvgIpc) is 2.90. The highest BCUT2D eigenvalue weighted by Crippen LogP contribution is 2.30. The maximum absolute atomic E-state index is 14.1. The molecule has 1 saturated heterocycles. The third-order valence-corrected chi connectivity index (χ3v) is 6.24. The van der Waals surface area contributed by atoms with Gasteiger partial charge in [0, 0.05) is 24.3 Å². The number of rotatable bonds is 4. The molecule has 2 N–H and O–H groups in total. The summed E-state index contributed by atoms with van der Waals surface area (Å²) < 4.78 is 56.7. The Morgan fingerprint density at radius 2 is 1.85 bits per heavy atom. The van der Waals surface area contributed by atoms with Crippen LogP contribution in [0.1, 0.15) is 51.7 Å². The van der Waals surface area contributed by atoms with Gasteiger partial charge in [0.2, 0.25) is 5.43 Å². The number of pyridine rings is 1. The van der Waals surface area contributed by atoms with Crippen molar-refractivity contribution in [1.82, 2.24) is 14.9 Å². The minimum atomic E-state index is -2.81. The van der Waals surface area contributed by atoms with Crippen LogP contribution in [0.2, 0.25) is 0 Å². The molecule has 8 nitrogen and oxygen atoms in total. The lowest BCUT2D eigenvalue weighted by Gasteiger charge is -2.42. The number of carbonyl (C=O) groups is 2. The van der Waals surface area contributed by atoms with Crippen molar-refractivity contribution in [3.63, 3.8) is 0 Å². The molecule has 0 aliphatic carbocycles. The molecule has 1 aromatic carbocycles. The SMILES string of the molecule is Cc1cc(F)c(CNC(=O)c2cn3c(c(O)c2=O)C(=O)N2CN3[C@H](C(F)F)CC[C@@H]2C)c(F)c1. The predicted molar refractivity (Wildman–Crippen MR) is 112 cm³/mol. The molecule has 2 atom stereocenters. The molecule has 2 aliphatic rings. The molecule has 0 spiro atoms. The second-order valence-electron chi connectivity index (χ2n) is 8.49. The van der Waals surface area contributed by atoms with Gasteiger partial charge in [-0.05, 0) is 44.4 Å². The summed E-state index contributed by atoms with van der Waals surface area (Å²) in [6, 6.07) is 0.399. The number of aryl methyl sites for hydroxylation is 1. The number of amides is 2. The van der Waals surface area contributed by atoms with Crippen molar-refractivity contribution in [1.29, 1.82) is 0 Å². The summed E-state index contributed by atoms with van der Waals surface area (Å²) in [7, 11) is 0. The van der Waals surface area contributed by atoms with Crippen LogP contribution in [0.3, 0.4) is 0 Å². The van der Waals surface area contributed by atoms with E-state index in [2.05, 4.69) is 5.32 Å². The summed E-state index contributed by atoms with van der Waals surface area (Å²) in [4.78, 5) is 39.6. The summed E-state index contributed by atoms with van der Waals surface area (Å²) >= 11 is 0. The van der Waals surface area contributed by atoms with Gasteiger partial charge in [0.05, 0.1) is 0 Å². The molecule has 182 valence electrons. The monoisotopic (exact) mass is 482 g/mol. The van der Waals surface area contributed by atoms with Crippen molar-refractivity contribution < 1.29 is 32.3 Å². The van der Waals surface area contributed by atoms with E-state index < -0.39 is 76.5 Å². The van der Waals surface area contributed by atoms with Crippen LogP contribution in [0.4, 0.5) is 17.6 Å². The van der Waals surface area contributed by atoms with Crippen LogP contribution in [0.5, 0.6) is 5.75 Å². The Kier molecular flexibility index (Phi) is 6.00. The molecule has 0 saturated carbocycles. The van der Waals surface area contributed by atoms with Crippen LogP contribution in [0.15, 0.2) is 23.1 Å². The number of benzene rings is 1. The van der Waals surface area contributed by atoms with E-state index >= 15 is 0 Å². The lowest BCUT2D eigenvalue weighted by atomic mass is 10.1. The molecule has 1 aromatic heterocycles. The quantitative estimate of drug-likeness (QED) is 0.652. The first-order valence-electron chi connectivity index (χ1n) is 10.6. The Bertz CT molecular complexity index is 1210. The number of halogens is 4. The number of fused-ring (bicyclic) bond motifs is 4. The van der Waals surface area contributed by atoms with Crippen molar-refractivity contribution in [3.05, 3.63) is 62.6 Å². The molecule has 0 unspecified atom stereocenters. The highest BCUT2D eigenvalue weighted by molar-refractivity contribution is 5.99. The summed E-state index contributed by atoms with van der Waals surface area (Å²) in [5.41, 5.74) is -2.50. The number of hydrogen-bond donors (Lipinski definition) is 2. The van der Waals surface area contributed by atoms with Gasteiger partial charge in [0.25, 0.3) is 18.2 Å². The summed E-state index contributed by atoms with van der Waals surface area (Å²) in [6.07, 6.45) is -1.60. The Balaban J connectivity index is 1.73. The molecule has 2 bridgehead atoms. The summed E-state index contributed by atoms with van der Waals surface area (Å²) in [5.74, 6) is -4.69. The van der Waals surface area contributed by atoms with Crippen LogP contribution < -0.4 is 15.8 Å². The van der Waals surface area contributed by atoms with E-state index in [4.69, 9.17) is 0 Å². The lowest BCUT2D eigenvalue weighted by Crippen LogP contribution is -2.59. The fourth-order valence-electron chi connectivity index (χ4n) is 4.32. The van der Waals surface area contributed by atoms with Crippen LogP contribution in [0.25, 0.3) is 0 Å². The van der Waals surface area contributed by atoms with Gasteiger partial charge in [-0.25, -0.2) is 17.6 Å². The van der Waals surface area contributed by atoms with Gasteiger partial charge < -0.3 is 15.3 Å². The maximum Gasteiger partial charge on any atom is 0.278 e. The van der Waals surface area contributed by atoms with Gasteiger partial charge in [-0.1, -0.05) is 0 Å². The molecule has 2 amide bonds. The molecule has 3 heterocycles. The van der Waals surface area contributed by atoms with Crippen molar-refractivity contribution in [2.45, 2.75) is 51.7 Å². The van der Waals surface area contributed by atoms with Gasteiger partial charge >= 0.3 is 0 Å². The highest BCUT2D eigenvalue weighted by Gasteiger charge is 2.43. The molecule has 2 aliphatic heterocycles. The molecular formula is C22H22F4N4O4. The van der Waals surface area contributed by atoms with Crippen molar-refractivity contribution in [2.24, 2.45) is 0 Å². The van der Waals surface area contributed by atoms with E-state index in [0.717, 1.165) is 28.0 Å². The normalized spacial score (nSPS) is 19.8. The molecular weight excluding hydrogens is 460 g/mol. The average molecular weight is 482 g/mol. The zero-order valence-corrected chi connectivity index (χ0v) is 18.3. The van der Waals surface area contributed by atoms with Crippen molar-refractivity contribution in [2.75, 3.05) is 11.7 Å². The highest BCUT2D eigenvalue weighted by atomic mass is 19.3. The standard InChI is InChI=1S/C22H22F4N4O4/c1-10-5-14(23)12(15(24)6-10)7-27-21(33)13-8-29-17(19(32)18(13)31)22(34)28-9-30(29)16(20(25)26)4-3-11(28)2/h5-6,8,11,16,20,32H,3-4,7,9H2,1-2H3,(H,27,33)/t11-,16-/m0/s1. The van der Waals surface area contributed by atoms with Gasteiger partial charge in [-0.2, -0.15) is 0 Å². The number of aromatic nitrogens is 1. The summed E-state index contributed by atoms with van der Waals surface area (Å²) in [5, 5.41) is 13.8. The molecule has 1 fully saturated rings. The molecule has 2 aromatic rings. The number of hydrogen-bond acceptors (Lipinski definition) is 5. The largest absolute Gasteiger partial charge is 0.502 e. The topological polar surface area (TPSA) is 94.9 Å². The predicted octanol–water partition coefficient (Wildman–Crippen LogP) is 2.24. The first kappa shape index (κ1) is 23.6. The fourth-order valence-corrected chi connectivity index (χ4v) is 4.32. The second kappa shape index (κ2) is 8.65. The summed E-state index contributed by atoms with van der Waals surface area (Å²) in [6.45, 7) is 2.33. The van der Waals surface area contributed by atoms with E-state index in [1.807, 2.05) is 0 Å². The van der Waals surface area contributed by atoms with Crippen LogP contribution in [0, 0.1) is 18.6 Å². The third-order valence-electron chi connectivity index (χ3n) is 6.24. The fraction of sp³-hybridized carbons (Fsp3) is 0.409. The van der Waals surface area contributed by atoms with Gasteiger partial charge in [0.1, 0.15) is 29.9 Å². The van der Waals surface area contributed by atoms with E-state index in [9.17, 15) is 37.1 Å². The molecule has 34 heavy (non-hydrogen) atoms. The Labute approximate surface area is 191 Å². The van der Waals surface area contributed by atoms with Gasteiger partial charge in [-0.3, -0.25) is 24.1 Å². The van der Waals surface area contributed by atoms with Crippen LogP contribution in [-0.4, -0.2) is 51.7 Å². The first-order chi connectivity index (χ1) is 16.0. The Hall–Kier alpha value is -3.57. The molecule has 4 rings (SSSR count). The maximum atomic E-state index is 14.1. The van der Waals surface area contributed by atoms with Gasteiger partial charge in [0.15, 0.2) is 11.4 Å². The third kappa shape index (κ3) is 3.86. The van der Waals surface area contributed by atoms with Crippen molar-refractivity contribution >= 4 is 11.8 Å². The smallest absolute Gasteiger partial charge is 0.278 e. The minimum Gasteiger partial charge on any atom is -0.502 e. The van der Waals surface area contributed by atoms with E-state index in [0.29, 0.717) is 5.56 Å². The lowest BCUT2D eigenvalue weighted by molar-refractivity contribution is 0.0579. The number of nitrogens with one attached hydrogen (secondary N) is 1. The zero-order valence-electron chi connectivity index (χ0n) is 18.3. The Morgan fingerprint density at radius 3 is 2.47 bits per heavy atom. The van der Waals surface area contributed by atoms with Crippen molar-refractivity contribution in [3.8, 4) is 5.75 Å².